The normalized spacial score (nSPS) is 11.7. The van der Waals surface area contributed by atoms with E-state index >= 15 is 0 Å². The van der Waals surface area contributed by atoms with Gasteiger partial charge in [0.25, 0.3) is 0 Å². The fourth-order valence-electron chi connectivity index (χ4n) is 1.22. The molecule has 0 aromatic heterocycles. The van der Waals surface area contributed by atoms with Gasteiger partial charge in [-0.05, 0) is 24.6 Å². The van der Waals surface area contributed by atoms with E-state index in [4.69, 9.17) is 10.2 Å². The van der Waals surface area contributed by atoms with Crippen LogP contribution in [0.15, 0.2) is 18.2 Å². The molecular formula is C11H13FN2O4. The van der Waals surface area contributed by atoms with Crippen LogP contribution < -0.4 is 10.6 Å². The maximum absolute atomic E-state index is 13.4. The summed E-state index contributed by atoms with van der Waals surface area (Å²) in [6, 6.07) is 1.85. The van der Waals surface area contributed by atoms with Gasteiger partial charge >= 0.3 is 12.0 Å². The van der Waals surface area contributed by atoms with E-state index < -0.39 is 30.5 Å². The molecule has 1 aromatic carbocycles. The highest BCUT2D eigenvalue weighted by Crippen LogP contribution is 2.14. The summed E-state index contributed by atoms with van der Waals surface area (Å²) in [6.45, 7) is 0.943. The number of aryl methyl sites for hydroxylation is 1. The van der Waals surface area contributed by atoms with E-state index in [1.807, 2.05) is 5.32 Å². The van der Waals surface area contributed by atoms with Crippen molar-refractivity contribution in [2.45, 2.75) is 13.0 Å². The van der Waals surface area contributed by atoms with E-state index in [1.54, 1.807) is 13.0 Å². The van der Waals surface area contributed by atoms with Crippen molar-refractivity contribution in [3.63, 3.8) is 0 Å². The molecule has 18 heavy (non-hydrogen) atoms. The van der Waals surface area contributed by atoms with E-state index in [0.717, 1.165) is 0 Å². The summed E-state index contributed by atoms with van der Waals surface area (Å²) in [5, 5.41) is 21.5. The number of halogens is 1. The highest BCUT2D eigenvalue weighted by molar-refractivity contribution is 5.92. The molecule has 1 atom stereocenters. The first-order valence-corrected chi connectivity index (χ1v) is 5.11. The molecule has 0 aliphatic heterocycles. The number of carbonyl (C=O) groups excluding carboxylic acids is 1. The van der Waals surface area contributed by atoms with Gasteiger partial charge in [0.15, 0.2) is 6.04 Å². The van der Waals surface area contributed by atoms with Crippen LogP contribution in [0, 0.1) is 12.7 Å². The van der Waals surface area contributed by atoms with Gasteiger partial charge in [0.05, 0.1) is 12.3 Å². The molecule has 0 unspecified atom stereocenters. The zero-order chi connectivity index (χ0) is 13.7. The predicted molar refractivity (Wildman–Crippen MR) is 61.8 cm³/mol. The molecule has 0 heterocycles. The van der Waals surface area contributed by atoms with E-state index in [1.165, 1.54) is 12.1 Å². The molecule has 2 amide bonds. The summed E-state index contributed by atoms with van der Waals surface area (Å²) >= 11 is 0. The molecule has 0 saturated heterocycles. The Hall–Kier alpha value is -2.15. The minimum atomic E-state index is -1.43. The fourth-order valence-corrected chi connectivity index (χ4v) is 1.22. The van der Waals surface area contributed by atoms with Crippen LogP contribution in [-0.4, -0.2) is 34.9 Å². The molecule has 0 fully saturated rings. The number of hydrogen-bond donors (Lipinski definition) is 4. The zero-order valence-electron chi connectivity index (χ0n) is 9.61. The molecule has 7 heteroatoms. The first-order valence-electron chi connectivity index (χ1n) is 5.11. The number of amides is 2. The van der Waals surface area contributed by atoms with Crippen molar-refractivity contribution in [1.82, 2.24) is 5.32 Å². The highest BCUT2D eigenvalue weighted by atomic mass is 19.1. The Morgan fingerprint density at radius 1 is 1.44 bits per heavy atom. The Labute approximate surface area is 102 Å². The smallest absolute Gasteiger partial charge is 0.328 e. The molecule has 0 spiro atoms. The second-order valence-electron chi connectivity index (χ2n) is 3.66. The SMILES string of the molecule is Cc1ccc(NC(=O)N[C@@H](CO)C(=O)O)c(F)c1. The molecule has 0 radical (unpaired) electrons. The van der Waals surface area contributed by atoms with Crippen LogP contribution in [0.2, 0.25) is 0 Å². The number of aliphatic hydroxyl groups is 1. The quantitative estimate of drug-likeness (QED) is 0.637. The van der Waals surface area contributed by atoms with Gasteiger partial charge in [0, 0.05) is 0 Å². The Morgan fingerprint density at radius 3 is 2.61 bits per heavy atom. The van der Waals surface area contributed by atoms with E-state index in [2.05, 4.69) is 5.32 Å². The Balaban J connectivity index is 2.67. The van der Waals surface area contributed by atoms with Gasteiger partial charge in [-0.15, -0.1) is 0 Å². The van der Waals surface area contributed by atoms with Crippen LogP contribution in [-0.2, 0) is 4.79 Å². The average molecular weight is 256 g/mol. The van der Waals surface area contributed by atoms with Crippen LogP contribution in [0.5, 0.6) is 0 Å². The molecule has 0 bridgehead atoms. The van der Waals surface area contributed by atoms with Gasteiger partial charge in [-0.1, -0.05) is 6.07 Å². The number of anilines is 1. The topological polar surface area (TPSA) is 98.7 Å². The molecule has 4 N–H and O–H groups in total. The molecule has 0 aliphatic carbocycles. The van der Waals surface area contributed by atoms with Crippen LogP contribution in [0.3, 0.4) is 0 Å². The fraction of sp³-hybridized carbons (Fsp3) is 0.273. The lowest BCUT2D eigenvalue weighted by Crippen LogP contribution is -2.45. The highest BCUT2D eigenvalue weighted by Gasteiger charge is 2.19. The standard InChI is InChI=1S/C11H13FN2O4/c1-6-2-3-8(7(12)4-6)13-11(18)14-9(5-15)10(16)17/h2-4,9,15H,5H2,1H3,(H,16,17)(H2,13,14,18)/t9-/m0/s1. The number of nitrogens with one attached hydrogen (secondary N) is 2. The third-order valence-corrected chi connectivity index (χ3v) is 2.16. The van der Waals surface area contributed by atoms with Crippen LogP contribution in [0.4, 0.5) is 14.9 Å². The lowest BCUT2D eigenvalue weighted by molar-refractivity contribution is -0.140. The summed E-state index contributed by atoms with van der Waals surface area (Å²) in [5.74, 6) is -2.00. The maximum atomic E-state index is 13.4. The van der Waals surface area contributed by atoms with E-state index in [-0.39, 0.29) is 5.69 Å². The average Bonchev–Trinajstić information content (AvgIpc) is 2.29. The van der Waals surface area contributed by atoms with Crippen molar-refractivity contribution in [1.29, 1.82) is 0 Å². The van der Waals surface area contributed by atoms with Gasteiger partial charge < -0.3 is 20.8 Å². The van der Waals surface area contributed by atoms with Crippen molar-refractivity contribution in [2.24, 2.45) is 0 Å². The predicted octanol–water partition coefficient (Wildman–Crippen LogP) is 0.701. The van der Waals surface area contributed by atoms with Crippen LogP contribution >= 0.6 is 0 Å². The molecule has 0 aliphatic rings. The summed E-state index contributed by atoms with van der Waals surface area (Å²) in [7, 11) is 0. The number of aliphatic carboxylic acids is 1. The van der Waals surface area contributed by atoms with Crippen molar-refractivity contribution >= 4 is 17.7 Å². The third-order valence-electron chi connectivity index (χ3n) is 2.16. The zero-order valence-corrected chi connectivity index (χ0v) is 9.61. The number of aliphatic hydroxyl groups excluding tert-OH is 1. The third kappa shape index (κ3) is 3.70. The molecule has 1 aromatic rings. The summed E-state index contributed by atoms with van der Waals surface area (Å²) in [4.78, 5) is 21.9. The second kappa shape index (κ2) is 5.97. The van der Waals surface area contributed by atoms with Crippen molar-refractivity contribution < 1.29 is 24.2 Å². The number of carboxylic acid groups (broad SMARTS) is 1. The number of benzene rings is 1. The number of urea groups is 1. The first kappa shape index (κ1) is 13.9. The van der Waals surface area contributed by atoms with E-state index in [9.17, 15) is 14.0 Å². The number of carbonyl (C=O) groups is 2. The number of carboxylic acids is 1. The first-order chi connectivity index (χ1) is 8.43. The maximum Gasteiger partial charge on any atom is 0.328 e. The minimum Gasteiger partial charge on any atom is -0.480 e. The Bertz CT molecular complexity index is 464. The van der Waals surface area contributed by atoms with Gasteiger partial charge in [-0.2, -0.15) is 0 Å². The summed E-state index contributed by atoms with van der Waals surface area (Å²) < 4.78 is 13.4. The van der Waals surface area contributed by atoms with Gasteiger partial charge in [0.1, 0.15) is 5.82 Å². The van der Waals surface area contributed by atoms with E-state index in [0.29, 0.717) is 5.56 Å². The summed E-state index contributed by atoms with van der Waals surface area (Å²) in [6.07, 6.45) is 0. The Kier molecular flexibility index (Phi) is 4.61. The molecule has 98 valence electrons. The van der Waals surface area contributed by atoms with Gasteiger partial charge in [-0.3, -0.25) is 0 Å². The van der Waals surface area contributed by atoms with Crippen molar-refractivity contribution in [2.75, 3.05) is 11.9 Å². The molecule has 0 saturated carbocycles. The molecule has 6 nitrogen and oxygen atoms in total. The molecule has 1 rings (SSSR count). The second-order valence-corrected chi connectivity index (χ2v) is 3.66. The Morgan fingerprint density at radius 2 is 2.11 bits per heavy atom. The van der Waals surface area contributed by atoms with Crippen LogP contribution in [0.25, 0.3) is 0 Å². The largest absolute Gasteiger partial charge is 0.480 e. The van der Waals surface area contributed by atoms with Crippen LogP contribution in [0.1, 0.15) is 5.56 Å². The van der Waals surface area contributed by atoms with Crippen molar-refractivity contribution in [3.05, 3.63) is 29.6 Å². The summed E-state index contributed by atoms with van der Waals surface area (Å²) in [5.41, 5.74) is 0.623. The monoisotopic (exact) mass is 256 g/mol. The minimum absolute atomic E-state index is 0.0693. The number of hydrogen-bond acceptors (Lipinski definition) is 3. The lowest BCUT2D eigenvalue weighted by Gasteiger charge is -2.13. The van der Waals surface area contributed by atoms with Crippen molar-refractivity contribution in [3.8, 4) is 0 Å². The lowest BCUT2D eigenvalue weighted by atomic mass is 10.2. The van der Waals surface area contributed by atoms with Gasteiger partial charge in [-0.25, -0.2) is 14.0 Å². The molecular weight excluding hydrogens is 243 g/mol. The van der Waals surface area contributed by atoms with Gasteiger partial charge in [0.2, 0.25) is 0 Å². The number of rotatable bonds is 4.